The summed E-state index contributed by atoms with van der Waals surface area (Å²) in [5.41, 5.74) is 11.3. The first kappa shape index (κ1) is 18.3. The van der Waals surface area contributed by atoms with Gasteiger partial charge in [0.25, 0.3) is 0 Å². The van der Waals surface area contributed by atoms with Crippen LogP contribution in [0.25, 0.3) is 5.65 Å². The number of rotatable bonds is 4. The van der Waals surface area contributed by atoms with Crippen LogP contribution in [0.2, 0.25) is 0 Å². The molecular weight excluding hydrogens is 362 g/mol. The molecule has 0 spiro atoms. The average Bonchev–Trinajstić information content (AvgIpc) is 3.52. The Hall–Kier alpha value is -2.73. The van der Waals surface area contributed by atoms with Crippen LogP contribution in [-0.2, 0) is 4.79 Å². The Morgan fingerprint density at radius 3 is 2.66 bits per heavy atom. The van der Waals surface area contributed by atoms with E-state index < -0.39 is 6.04 Å². The van der Waals surface area contributed by atoms with Gasteiger partial charge < -0.3 is 10.6 Å². The van der Waals surface area contributed by atoms with Gasteiger partial charge in [0, 0.05) is 29.9 Å². The Balaban J connectivity index is 1.46. The fourth-order valence-electron chi connectivity index (χ4n) is 4.40. The molecule has 5 rings (SSSR count). The van der Waals surface area contributed by atoms with E-state index in [1.807, 2.05) is 39.7 Å². The molecular formula is C23H27N5O. The molecule has 2 atom stereocenters. The summed E-state index contributed by atoms with van der Waals surface area (Å²) in [7, 11) is 0. The monoisotopic (exact) mass is 389 g/mol. The molecule has 0 radical (unpaired) electrons. The maximum Gasteiger partial charge on any atom is 0.244 e. The Morgan fingerprint density at radius 1 is 1.10 bits per heavy atom. The smallest absolute Gasteiger partial charge is 0.244 e. The number of amides is 1. The van der Waals surface area contributed by atoms with Crippen LogP contribution in [0.1, 0.15) is 72.8 Å². The van der Waals surface area contributed by atoms with Gasteiger partial charge in [-0.3, -0.25) is 4.79 Å². The lowest BCUT2D eigenvalue weighted by atomic mass is 9.97. The van der Waals surface area contributed by atoms with Gasteiger partial charge in [-0.05, 0) is 50.7 Å². The predicted molar refractivity (Wildman–Crippen MR) is 111 cm³/mol. The lowest BCUT2D eigenvalue weighted by Crippen LogP contribution is -2.43. The Labute approximate surface area is 170 Å². The van der Waals surface area contributed by atoms with Crippen LogP contribution in [0.15, 0.2) is 42.5 Å². The molecule has 2 N–H and O–H groups in total. The van der Waals surface area contributed by atoms with Crippen molar-refractivity contribution in [2.45, 2.75) is 57.0 Å². The second kappa shape index (κ2) is 7.26. The normalized spacial score (nSPS) is 20.8. The van der Waals surface area contributed by atoms with Crippen LogP contribution < -0.4 is 5.73 Å². The van der Waals surface area contributed by atoms with E-state index in [1.165, 1.54) is 18.5 Å². The number of fused-ring (bicyclic) bond motifs is 1. The fraction of sp³-hybridized carbons (Fsp3) is 0.435. The van der Waals surface area contributed by atoms with Gasteiger partial charge in [-0.25, -0.2) is 9.50 Å². The van der Waals surface area contributed by atoms with Crippen LogP contribution in [0.5, 0.6) is 0 Å². The van der Waals surface area contributed by atoms with Crippen molar-refractivity contribution in [3.63, 3.8) is 0 Å². The molecule has 6 nitrogen and oxygen atoms in total. The van der Waals surface area contributed by atoms with E-state index in [2.05, 4.69) is 19.1 Å². The van der Waals surface area contributed by atoms with E-state index in [0.29, 0.717) is 5.92 Å². The highest BCUT2D eigenvalue weighted by molar-refractivity contribution is 5.83. The SMILES string of the molecule is Cc1cc(C2CC2)nc2cc([C@@H]3CCCCN3C(=O)C(N)c3ccccc3)nn12. The van der Waals surface area contributed by atoms with Crippen molar-refractivity contribution in [1.82, 2.24) is 19.5 Å². The van der Waals surface area contributed by atoms with Crippen molar-refractivity contribution in [3.8, 4) is 0 Å². The summed E-state index contributed by atoms with van der Waals surface area (Å²) in [5.74, 6) is 0.579. The molecule has 150 valence electrons. The molecule has 1 saturated carbocycles. The topological polar surface area (TPSA) is 76.5 Å². The summed E-state index contributed by atoms with van der Waals surface area (Å²) in [4.78, 5) is 20.0. The van der Waals surface area contributed by atoms with E-state index in [0.717, 1.165) is 48.4 Å². The summed E-state index contributed by atoms with van der Waals surface area (Å²) >= 11 is 0. The van der Waals surface area contributed by atoms with Crippen molar-refractivity contribution in [3.05, 3.63) is 65.1 Å². The molecule has 1 saturated heterocycles. The van der Waals surface area contributed by atoms with Gasteiger partial charge in [0.1, 0.15) is 6.04 Å². The Bertz CT molecular complexity index is 1040. The van der Waals surface area contributed by atoms with E-state index >= 15 is 0 Å². The van der Waals surface area contributed by atoms with Crippen LogP contribution in [0, 0.1) is 6.92 Å². The zero-order valence-electron chi connectivity index (χ0n) is 16.8. The van der Waals surface area contributed by atoms with Gasteiger partial charge >= 0.3 is 0 Å². The van der Waals surface area contributed by atoms with Crippen molar-refractivity contribution >= 4 is 11.6 Å². The van der Waals surface area contributed by atoms with Crippen molar-refractivity contribution in [1.29, 1.82) is 0 Å². The minimum Gasteiger partial charge on any atom is -0.332 e. The maximum atomic E-state index is 13.3. The minimum atomic E-state index is -0.643. The zero-order valence-corrected chi connectivity index (χ0v) is 16.8. The largest absolute Gasteiger partial charge is 0.332 e. The Morgan fingerprint density at radius 2 is 1.90 bits per heavy atom. The number of nitrogens with two attached hydrogens (primary N) is 1. The molecule has 2 fully saturated rings. The predicted octanol–water partition coefficient (Wildman–Crippen LogP) is 3.67. The number of benzene rings is 1. The number of aromatic nitrogens is 3. The van der Waals surface area contributed by atoms with Gasteiger partial charge in [0.15, 0.2) is 5.65 Å². The van der Waals surface area contributed by atoms with Crippen LogP contribution in [0.3, 0.4) is 0 Å². The summed E-state index contributed by atoms with van der Waals surface area (Å²) in [6.45, 7) is 2.80. The summed E-state index contributed by atoms with van der Waals surface area (Å²) in [6.07, 6.45) is 5.45. The number of hydrogen-bond acceptors (Lipinski definition) is 4. The number of likely N-dealkylation sites (tertiary alicyclic amines) is 1. The van der Waals surface area contributed by atoms with Crippen molar-refractivity contribution in [2.24, 2.45) is 5.73 Å². The molecule has 1 aliphatic heterocycles. The third-order valence-electron chi connectivity index (χ3n) is 6.19. The zero-order chi connectivity index (χ0) is 20.0. The van der Waals surface area contributed by atoms with E-state index in [4.69, 9.17) is 15.8 Å². The summed E-state index contributed by atoms with van der Waals surface area (Å²) in [6, 6.07) is 13.1. The molecule has 0 bridgehead atoms. The van der Waals surface area contributed by atoms with Crippen LogP contribution in [0.4, 0.5) is 0 Å². The molecule has 3 aromatic rings. The number of piperidine rings is 1. The fourth-order valence-corrected chi connectivity index (χ4v) is 4.40. The lowest BCUT2D eigenvalue weighted by molar-refractivity contribution is -0.136. The van der Waals surface area contributed by atoms with E-state index in [1.54, 1.807) is 0 Å². The van der Waals surface area contributed by atoms with Crippen LogP contribution in [-0.4, -0.2) is 31.9 Å². The maximum absolute atomic E-state index is 13.3. The minimum absolute atomic E-state index is 0.0266. The molecule has 1 aliphatic carbocycles. The average molecular weight is 390 g/mol. The lowest BCUT2D eigenvalue weighted by Gasteiger charge is -2.36. The molecule has 2 aromatic heterocycles. The second-order valence-electron chi connectivity index (χ2n) is 8.37. The highest BCUT2D eigenvalue weighted by Crippen LogP contribution is 2.39. The van der Waals surface area contributed by atoms with Crippen molar-refractivity contribution < 1.29 is 4.79 Å². The quantitative estimate of drug-likeness (QED) is 0.739. The molecule has 3 heterocycles. The number of hydrogen-bond donors (Lipinski definition) is 1. The first-order valence-corrected chi connectivity index (χ1v) is 10.6. The van der Waals surface area contributed by atoms with Gasteiger partial charge in [-0.2, -0.15) is 5.10 Å². The van der Waals surface area contributed by atoms with Crippen molar-refractivity contribution in [2.75, 3.05) is 6.54 Å². The van der Waals surface area contributed by atoms with Gasteiger partial charge in [0.05, 0.1) is 11.7 Å². The van der Waals surface area contributed by atoms with Gasteiger partial charge in [0.2, 0.25) is 5.91 Å². The van der Waals surface area contributed by atoms with Crippen LogP contribution >= 0.6 is 0 Å². The van der Waals surface area contributed by atoms with E-state index in [-0.39, 0.29) is 11.9 Å². The number of aryl methyl sites for hydroxylation is 1. The first-order chi connectivity index (χ1) is 14.1. The second-order valence-corrected chi connectivity index (χ2v) is 8.37. The highest BCUT2D eigenvalue weighted by Gasteiger charge is 2.33. The molecule has 6 heteroatoms. The molecule has 1 aromatic carbocycles. The molecule has 2 aliphatic rings. The number of carbonyl (C=O) groups is 1. The third kappa shape index (κ3) is 3.42. The third-order valence-corrected chi connectivity index (χ3v) is 6.19. The summed E-state index contributed by atoms with van der Waals surface area (Å²) < 4.78 is 1.91. The number of carbonyl (C=O) groups excluding carboxylic acids is 1. The van der Waals surface area contributed by atoms with E-state index in [9.17, 15) is 4.79 Å². The number of nitrogens with zero attached hydrogens (tertiary/aromatic N) is 4. The van der Waals surface area contributed by atoms with Gasteiger partial charge in [-0.1, -0.05) is 30.3 Å². The summed E-state index contributed by atoms with van der Waals surface area (Å²) in [5, 5.41) is 4.84. The standard InChI is InChI=1S/C23H27N5O/c1-15-13-18(16-10-11-16)25-21-14-19(26-28(15)21)20-9-5-6-12-27(20)23(29)22(24)17-7-3-2-4-8-17/h2-4,7-8,13-14,16,20,22H,5-6,9-12,24H2,1H3/t20-,22?/m0/s1. The van der Waals surface area contributed by atoms with Gasteiger partial charge in [-0.15, -0.1) is 0 Å². The first-order valence-electron chi connectivity index (χ1n) is 10.6. The Kier molecular flexibility index (Phi) is 4.59. The molecule has 29 heavy (non-hydrogen) atoms. The highest BCUT2D eigenvalue weighted by atomic mass is 16.2. The molecule has 1 unspecified atom stereocenters. The molecule has 1 amide bonds.